The van der Waals surface area contributed by atoms with Crippen molar-refractivity contribution < 1.29 is 18.0 Å². The SMILES string of the molecule is Cc1cc(=O)c2oc(-c3ccccc3)c(CC(=O)NCc3nc4ccc(F)cc4[nH]3)c2o1. The third kappa shape index (κ3) is 3.66. The van der Waals surface area contributed by atoms with Gasteiger partial charge in [0.05, 0.1) is 29.6 Å². The number of carbonyl (C=O) groups excluding carboxylic acids is 1. The molecular weight excluding hydrogens is 413 g/mol. The Bertz CT molecular complexity index is 1520. The highest BCUT2D eigenvalue weighted by Crippen LogP contribution is 2.33. The molecule has 32 heavy (non-hydrogen) atoms. The zero-order valence-electron chi connectivity index (χ0n) is 17.1. The molecule has 0 radical (unpaired) electrons. The van der Waals surface area contributed by atoms with E-state index in [0.29, 0.717) is 33.9 Å². The van der Waals surface area contributed by atoms with Crippen LogP contribution in [-0.2, 0) is 17.8 Å². The first-order valence-electron chi connectivity index (χ1n) is 10.0. The molecule has 3 aromatic heterocycles. The summed E-state index contributed by atoms with van der Waals surface area (Å²) in [5.41, 5.74) is 2.44. The number of imidazole rings is 1. The van der Waals surface area contributed by atoms with E-state index in [9.17, 15) is 14.0 Å². The van der Waals surface area contributed by atoms with Gasteiger partial charge < -0.3 is 19.1 Å². The van der Waals surface area contributed by atoms with Gasteiger partial charge in [0.2, 0.25) is 16.9 Å². The largest absolute Gasteiger partial charge is 0.457 e. The molecule has 7 nitrogen and oxygen atoms in total. The number of furan rings is 1. The molecule has 0 saturated heterocycles. The number of rotatable bonds is 5. The number of aryl methyl sites for hydroxylation is 1. The molecule has 1 amide bonds. The maximum absolute atomic E-state index is 13.4. The van der Waals surface area contributed by atoms with Crippen molar-refractivity contribution in [1.82, 2.24) is 15.3 Å². The topological polar surface area (TPSA) is 101 Å². The van der Waals surface area contributed by atoms with Gasteiger partial charge in [0.25, 0.3) is 0 Å². The third-order valence-electron chi connectivity index (χ3n) is 5.10. The molecule has 2 N–H and O–H groups in total. The van der Waals surface area contributed by atoms with Crippen molar-refractivity contribution in [2.75, 3.05) is 0 Å². The molecule has 0 fully saturated rings. The van der Waals surface area contributed by atoms with Crippen LogP contribution in [0.15, 0.2) is 68.2 Å². The van der Waals surface area contributed by atoms with Gasteiger partial charge in [0, 0.05) is 11.6 Å². The van der Waals surface area contributed by atoms with Crippen molar-refractivity contribution in [1.29, 1.82) is 0 Å². The number of nitrogens with zero attached hydrogens (tertiary/aromatic N) is 1. The van der Waals surface area contributed by atoms with E-state index < -0.39 is 0 Å². The second-order valence-electron chi connectivity index (χ2n) is 7.45. The van der Waals surface area contributed by atoms with Crippen molar-refractivity contribution in [3.63, 3.8) is 0 Å². The van der Waals surface area contributed by atoms with Gasteiger partial charge in [-0.1, -0.05) is 30.3 Å². The number of hydrogen-bond donors (Lipinski definition) is 2. The van der Waals surface area contributed by atoms with Crippen LogP contribution in [0.25, 0.3) is 33.5 Å². The first-order chi connectivity index (χ1) is 15.5. The van der Waals surface area contributed by atoms with Crippen LogP contribution in [-0.4, -0.2) is 15.9 Å². The maximum atomic E-state index is 13.4. The Morgan fingerprint density at radius 2 is 1.91 bits per heavy atom. The Morgan fingerprint density at radius 1 is 1.09 bits per heavy atom. The maximum Gasteiger partial charge on any atom is 0.228 e. The number of amides is 1. The molecule has 0 saturated carbocycles. The minimum Gasteiger partial charge on any atom is -0.457 e. The zero-order valence-corrected chi connectivity index (χ0v) is 17.1. The Morgan fingerprint density at radius 3 is 2.72 bits per heavy atom. The summed E-state index contributed by atoms with van der Waals surface area (Å²) in [4.78, 5) is 32.5. The van der Waals surface area contributed by atoms with E-state index in [1.807, 2.05) is 30.3 Å². The number of aromatic amines is 1. The molecule has 2 aromatic carbocycles. The fraction of sp³-hybridized carbons (Fsp3) is 0.125. The molecule has 0 unspecified atom stereocenters. The van der Waals surface area contributed by atoms with Crippen molar-refractivity contribution in [2.45, 2.75) is 19.9 Å². The summed E-state index contributed by atoms with van der Waals surface area (Å²) < 4.78 is 25.0. The standard InChI is InChI=1S/C24H18FN3O4/c1-13-9-19(29)24-23(31-13)16(22(32-24)14-5-3-2-4-6-14)11-21(30)26-12-20-27-17-8-7-15(25)10-18(17)28-20/h2-10H,11-12H2,1H3,(H,26,30)(H,27,28). The number of benzene rings is 2. The average Bonchev–Trinajstić information content (AvgIpc) is 3.34. The summed E-state index contributed by atoms with van der Waals surface area (Å²) in [7, 11) is 0. The summed E-state index contributed by atoms with van der Waals surface area (Å²) in [6.07, 6.45) is -0.0571. The van der Waals surface area contributed by atoms with Crippen LogP contribution in [0, 0.1) is 12.7 Å². The van der Waals surface area contributed by atoms with E-state index >= 15 is 0 Å². The van der Waals surface area contributed by atoms with Crippen LogP contribution in [0.5, 0.6) is 0 Å². The number of halogens is 1. The van der Waals surface area contributed by atoms with Crippen LogP contribution in [0.4, 0.5) is 4.39 Å². The Hall–Kier alpha value is -4.20. The summed E-state index contributed by atoms with van der Waals surface area (Å²) in [5, 5.41) is 2.80. The van der Waals surface area contributed by atoms with Gasteiger partial charge in [-0.15, -0.1) is 0 Å². The van der Waals surface area contributed by atoms with E-state index in [1.54, 1.807) is 13.0 Å². The van der Waals surface area contributed by atoms with E-state index in [2.05, 4.69) is 15.3 Å². The minimum absolute atomic E-state index is 0.0571. The fourth-order valence-electron chi connectivity index (χ4n) is 3.67. The van der Waals surface area contributed by atoms with Gasteiger partial charge >= 0.3 is 0 Å². The van der Waals surface area contributed by atoms with Gasteiger partial charge in [-0.05, 0) is 25.1 Å². The van der Waals surface area contributed by atoms with Crippen LogP contribution in [0.3, 0.4) is 0 Å². The number of H-pyrrole nitrogens is 1. The van der Waals surface area contributed by atoms with E-state index in [-0.39, 0.29) is 41.3 Å². The number of fused-ring (bicyclic) bond motifs is 2. The summed E-state index contributed by atoms with van der Waals surface area (Å²) in [6.45, 7) is 1.80. The van der Waals surface area contributed by atoms with Crippen LogP contribution in [0.2, 0.25) is 0 Å². The molecular formula is C24H18FN3O4. The second kappa shape index (κ2) is 7.81. The monoisotopic (exact) mass is 431 g/mol. The smallest absolute Gasteiger partial charge is 0.228 e. The zero-order chi connectivity index (χ0) is 22.2. The number of carbonyl (C=O) groups is 1. The molecule has 0 aliphatic heterocycles. The summed E-state index contributed by atoms with van der Waals surface area (Å²) >= 11 is 0. The second-order valence-corrected chi connectivity index (χ2v) is 7.45. The van der Waals surface area contributed by atoms with Crippen molar-refractivity contribution in [3.8, 4) is 11.3 Å². The lowest BCUT2D eigenvalue weighted by atomic mass is 10.1. The Balaban J connectivity index is 1.44. The lowest BCUT2D eigenvalue weighted by Gasteiger charge is -2.05. The molecule has 3 heterocycles. The predicted octanol–water partition coefficient (Wildman–Crippen LogP) is 4.24. The molecule has 0 aliphatic rings. The van der Waals surface area contributed by atoms with Crippen LogP contribution < -0.4 is 10.7 Å². The number of hydrogen-bond acceptors (Lipinski definition) is 5. The molecule has 5 aromatic rings. The van der Waals surface area contributed by atoms with Gasteiger partial charge in [-0.3, -0.25) is 9.59 Å². The normalized spacial score (nSPS) is 11.3. The third-order valence-corrected chi connectivity index (χ3v) is 5.10. The molecule has 5 rings (SSSR count). The van der Waals surface area contributed by atoms with Crippen LogP contribution in [0.1, 0.15) is 17.1 Å². The summed E-state index contributed by atoms with van der Waals surface area (Å²) in [5.74, 6) is 0.677. The first kappa shape index (κ1) is 19.7. The van der Waals surface area contributed by atoms with E-state index in [1.165, 1.54) is 18.2 Å². The highest BCUT2D eigenvalue weighted by Gasteiger charge is 2.22. The van der Waals surface area contributed by atoms with E-state index in [4.69, 9.17) is 8.83 Å². The quantitative estimate of drug-likeness (QED) is 0.434. The molecule has 8 heteroatoms. The minimum atomic E-state index is -0.367. The molecule has 0 atom stereocenters. The predicted molar refractivity (Wildman–Crippen MR) is 117 cm³/mol. The van der Waals surface area contributed by atoms with Crippen molar-refractivity contribution >= 4 is 28.1 Å². The van der Waals surface area contributed by atoms with Gasteiger partial charge in [0.1, 0.15) is 23.2 Å². The lowest BCUT2D eigenvalue weighted by molar-refractivity contribution is -0.120. The first-order valence-corrected chi connectivity index (χ1v) is 10.0. The molecule has 160 valence electrons. The fourth-order valence-corrected chi connectivity index (χ4v) is 3.67. The van der Waals surface area contributed by atoms with Gasteiger partial charge in [-0.2, -0.15) is 0 Å². The molecule has 0 aliphatic carbocycles. The average molecular weight is 431 g/mol. The Kier molecular flexibility index (Phi) is 4.82. The summed E-state index contributed by atoms with van der Waals surface area (Å²) in [6, 6.07) is 14.8. The highest BCUT2D eigenvalue weighted by atomic mass is 19.1. The van der Waals surface area contributed by atoms with E-state index in [0.717, 1.165) is 5.56 Å². The highest BCUT2D eigenvalue weighted by molar-refractivity contribution is 5.90. The number of aromatic nitrogens is 2. The van der Waals surface area contributed by atoms with Crippen molar-refractivity contribution in [2.24, 2.45) is 0 Å². The number of nitrogens with one attached hydrogen (secondary N) is 2. The van der Waals surface area contributed by atoms with Crippen molar-refractivity contribution in [3.05, 3.63) is 87.8 Å². The molecule has 0 bridgehead atoms. The van der Waals surface area contributed by atoms with Crippen LogP contribution >= 0.6 is 0 Å². The van der Waals surface area contributed by atoms with Gasteiger partial charge in [-0.25, -0.2) is 9.37 Å². The lowest BCUT2D eigenvalue weighted by Crippen LogP contribution is -2.25. The molecule has 0 spiro atoms. The van der Waals surface area contributed by atoms with Gasteiger partial charge in [0.15, 0.2) is 5.58 Å². The Labute approximate surface area is 180 Å².